The van der Waals surface area contributed by atoms with Crippen LogP contribution in [0.25, 0.3) is 0 Å². The Bertz CT molecular complexity index is 328. The molecule has 0 radical (unpaired) electrons. The van der Waals surface area contributed by atoms with E-state index in [2.05, 4.69) is 42.2 Å². The van der Waals surface area contributed by atoms with Crippen LogP contribution >= 0.6 is 11.8 Å². The summed E-state index contributed by atoms with van der Waals surface area (Å²) >= 11 is 2.02. The number of thioether (sulfide) groups is 1. The maximum Gasteiger partial charge on any atom is 0.0397 e. The van der Waals surface area contributed by atoms with Crippen LogP contribution in [0.1, 0.15) is 12.5 Å². The summed E-state index contributed by atoms with van der Waals surface area (Å²) in [5.74, 6) is 2.37. The van der Waals surface area contributed by atoms with Gasteiger partial charge in [-0.2, -0.15) is 11.8 Å². The number of rotatable bonds is 3. The summed E-state index contributed by atoms with van der Waals surface area (Å²) in [6, 6.07) is 10.7. The summed E-state index contributed by atoms with van der Waals surface area (Å²) in [7, 11) is 0. The van der Waals surface area contributed by atoms with Crippen molar-refractivity contribution in [2.75, 3.05) is 24.6 Å². The van der Waals surface area contributed by atoms with E-state index in [1.54, 1.807) is 0 Å². The molecule has 1 aliphatic rings. The minimum absolute atomic E-state index is 0.165. The summed E-state index contributed by atoms with van der Waals surface area (Å²) in [4.78, 5) is 2.53. The summed E-state index contributed by atoms with van der Waals surface area (Å²) in [6.45, 7) is 5.19. The van der Waals surface area contributed by atoms with Crippen molar-refractivity contribution in [1.82, 2.24) is 4.90 Å². The minimum atomic E-state index is 0.165. The first-order valence-corrected chi connectivity index (χ1v) is 6.97. The van der Waals surface area contributed by atoms with Gasteiger partial charge < -0.3 is 5.73 Å². The van der Waals surface area contributed by atoms with E-state index in [1.165, 1.54) is 11.3 Å². The Morgan fingerprint density at radius 3 is 2.81 bits per heavy atom. The minimum Gasteiger partial charge on any atom is -0.329 e. The van der Waals surface area contributed by atoms with Crippen LogP contribution in [-0.2, 0) is 6.54 Å². The quantitative estimate of drug-likeness (QED) is 0.870. The van der Waals surface area contributed by atoms with Gasteiger partial charge in [0.1, 0.15) is 0 Å². The smallest absolute Gasteiger partial charge is 0.0397 e. The van der Waals surface area contributed by atoms with Gasteiger partial charge in [0.25, 0.3) is 0 Å². The Morgan fingerprint density at radius 1 is 1.38 bits per heavy atom. The molecular formula is C13H20N2S. The molecule has 0 aromatic heterocycles. The van der Waals surface area contributed by atoms with Gasteiger partial charge in [0.05, 0.1) is 0 Å². The third-order valence-electron chi connectivity index (χ3n) is 3.34. The van der Waals surface area contributed by atoms with E-state index in [0.29, 0.717) is 0 Å². The molecule has 1 atom stereocenters. The fraction of sp³-hybridized carbons (Fsp3) is 0.538. The van der Waals surface area contributed by atoms with Crippen LogP contribution in [0.2, 0.25) is 0 Å². The number of nitrogens with zero attached hydrogens (tertiary/aromatic N) is 1. The van der Waals surface area contributed by atoms with E-state index in [9.17, 15) is 0 Å². The molecule has 1 unspecified atom stereocenters. The molecule has 0 spiro atoms. The van der Waals surface area contributed by atoms with Crippen molar-refractivity contribution in [2.24, 2.45) is 5.73 Å². The van der Waals surface area contributed by atoms with Crippen molar-refractivity contribution in [1.29, 1.82) is 0 Å². The SMILES string of the molecule is CC1(CN)CSCCN1Cc1ccccc1. The fourth-order valence-electron chi connectivity index (χ4n) is 2.09. The van der Waals surface area contributed by atoms with E-state index in [4.69, 9.17) is 5.73 Å². The van der Waals surface area contributed by atoms with Crippen molar-refractivity contribution < 1.29 is 0 Å². The Balaban J connectivity index is 2.07. The van der Waals surface area contributed by atoms with Crippen LogP contribution in [0.15, 0.2) is 30.3 Å². The van der Waals surface area contributed by atoms with E-state index in [0.717, 1.165) is 25.4 Å². The van der Waals surface area contributed by atoms with Gasteiger partial charge in [-0.1, -0.05) is 30.3 Å². The molecular weight excluding hydrogens is 216 g/mol. The van der Waals surface area contributed by atoms with Gasteiger partial charge in [-0.15, -0.1) is 0 Å². The predicted molar refractivity (Wildman–Crippen MR) is 71.6 cm³/mol. The van der Waals surface area contributed by atoms with Crippen LogP contribution in [-0.4, -0.2) is 35.0 Å². The third kappa shape index (κ3) is 2.59. The third-order valence-corrected chi connectivity index (χ3v) is 4.64. The van der Waals surface area contributed by atoms with Crippen LogP contribution in [0.4, 0.5) is 0 Å². The van der Waals surface area contributed by atoms with Gasteiger partial charge in [-0.05, 0) is 12.5 Å². The lowest BCUT2D eigenvalue weighted by Crippen LogP contribution is -2.56. The number of hydrogen-bond acceptors (Lipinski definition) is 3. The molecule has 88 valence electrons. The molecule has 0 saturated carbocycles. The highest BCUT2D eigenvalue weighted by Gasteiger charge is 2.33. The van der Waals surface area contributed by atoms with Crippen molar-refractivity contribution in [2.45, 2.75) is 19.0 Å². The van der Waals surface area contributed by atoms with E-state index in [1.807, 2.05) is 11.8 Å². The van der Waals surface area contributed by atoms with Crippen molar-refractivity contribution in [3.8, 4) is 0 Å². The molecule has 2 N–H and O–H groups in total. The first-order valence-electron chi connectivity index (χ1n) is 5.81. The maximum absolute atomic E-state index is 5.93. The van der Waals surface area contributed by atoms with Crippen LogP contribution in [0.5, 0.6) is 0 Å². The number of hydrogen-bond donors (Lipinski definition) is 1. The first-order chi connectivity index (χ1) is 7.74. The van der Waals surface area contributed by atoms with Crippen LogP contribution in [0.3, 0.4) is 0 Å². The molecule has 1 saturated heterocycles. The van der Waals surface area contributed by atoms with Crippen molar-refractivity contribution >= 4 is 11.8 Å². The van der Waals surface area contributed by atoms with Crippen LogP contribution in [0, 0.1) is 0 Å². The first kappa shape index (κ1) is 12.0. The highest BCUT2D eigenvalue weighted by Crippen LogP contribution is 2.27. The number of nitrogens with two attached hydrogens (primary N) is 1. The molecule has 2 rings (SSSR count). The second kappa shape index (κ2) is 5.21. The molecule has 1 heterocycles. The lowest BCUT2D eigenvalue weighted by molar-refractivity contribution is 0.126. The summed E-state index contributed by atoms with van der Waals surface area (Å²) < 4.78 is 0. The second-order valence-electron chi connectivity index (χ2n) is 4.66. The zero-order chi connectivity index (χ0) is 11.4. The largest absolute Gasteiger partial charge is 0.329 e. The Hall–Kier alpha value is -0.510. The standard InChI is InChI=1S/C13H20N2S/c1-13(10-14)11-16-8-7-15(13)9-12-5-3-2-4-6-12/h2-6H,7-11,14H2,1H3. The van der Waals surface area contributed by atoms with Crippen molar-refractivity contribution in [3.05, 3.63) is 35.9 Å². The Labute approximate surface area is 102 Å². The van der Waals surface area contributed by atoms with E-state index < -0.39 is 0 Å². The molecule has 0 aliphatic carbocycles. The molecule has 1 fully saturated rings. The maximum atomic E-state index is 5.93. The van der Waals surface area contributed by atoms with E-state index in [-0.39, 0.29) is 5.54 Å². The normalized spacial score (nSPS) is 26.9. The molecule has 2 nitrogen and oxygen atoms in total. The lowest BCUT2D eigenvalue weighted by Gasteiger charge is -2.44. The van der Waals surface area contributed by atoms with Gasteiger partial charge in [0, 0.05) is 36.7 Å². The van der Waals surface area contributed by atoms with Gasteiger partial charge in [-0.25, -0.2) is 0 Å². The Kier molecular flexibility index (Phi) is 3.90. The molecule has 1 aromatic rings. The highest BCUT2D eigenvalue weighted by molar-refractivity contribution is 7.99. The van der Waals surface area contributed by atoms with Gasteiger partial charge in [0.2, 0.25) is 0 Å². The van der Waals surface area contributed by atoms with Gasteiger partial charge in [0.15, 0.2) is 0 Å². The monoisotopic (exact) mass is 236 g/mol. The molecule has 1 aromatic carbocycles. The molecule has 0 amide bonds. The molecule has 3 heteroatoms. The van der Waals surface area contributed by atoms with E-state index >= 15 is 0 Å². The number of benzene rings is 1. The lowest BCUT2D eigenvalue weighted by atomic mass is 10.0. The fourth-order valence-corrected chi connectivity index (χ4v) is 3.32. The predicted octanol–water partition coefficient (Wildman–Crippen LogP) is 1.95. The molecule has 16 heavy (non-hydrogen) atoms. The van der Waals surface area contributed by atoms with Gasteiger partial charge in [-0.3, -0.25) is 4.90 Å². The second-order valence-corrected chi connectivity index (χ2v) is 5.77. The molecule has 0 bridgehead atoms. The highest BCUT2D eigenvalue weighted by atomic mass is 32.2. The zero-order valence-corrected chi connectivity index (χ0v) is 10.7. The summed E-state index contributed by atoms with van der Waals surface area (Å²) in [5.41, 5.74) is 7.48. The summed E-state index contributed by atoms with van der Waals surface area (Å²) in [6.07, 6.45) is 0. The average Bonchev–Trinajstić information content (AvgIpc) is 2.34. The zero-order valence-electron chi connectivity index (χ0n) is 9.86. The molecule has 1 aliphatic heterocycles. The van der Waals surface area contributed by atoms with Crippen molar-refractivity contribution in [3.63, 3.8) is 0 Å². The van der Waals surface area contributed by atoms with Gasteiger partial charge >= 0.3 is 0 Å². The average molecular weight is 236 g/mol. The Morgan fingerprint density at radius 2 is 2.12 bits per heavy atom. The summed E-state index contributed by atoms with van der Waals surface area (Å²) in [5, 5.41) is 0. The van der Waals surface area contributed by atoms with Crippen LogP contribution < -0.4 is 5.73 Å². The topological polar surface area (TPSA) is 29.3 Å².